The van der Waals surface area contributed by atoms with Gasteiger partial charge in [0, 0.05) is 12.5 Å². The van der Waals surface area contributed by atoms with Gasteiger partial charge in [-0.25, -0.2) is 9.59 Å². The number of ether oxygens (including phenoxy) is 1. The number of thioether (sulfide) groups is 1. The molecule has 0 aliphatic carbocycles. The molecule has 0 aromatic carbocycles. The van der Waals surface area contributed by atoms with Crippen molar-refractivity contribution in [2.45, 2.75) is 36.8 Å². The smallest absolute Gasteiger partial charge is 0.373 e. The van der Waals surface area contributed by atoms with Crippen LogP contribution in [0.3, 0.4) is 0 Å². The van der Waals surface area contributed by atoms with E-state index in [0.717, 1.165) is 0 Å². The van der Waals surface area contributed by atoms with E-state index in [4.69, 9.17) is 8.83 Å². The van der Waals surface area contributed by atoms with Gasteiger partial charge in [0.1, 0.15) is 5.76 Å². The summed E-state index contributed by atoms with van der Waals surface area (Å²) >= 11 is 1.27. The number of imide groups is 1. The maximum absolute atomic E-state index is 11.9. The molecule has 2 aromatic rings. The number of amides is 3. The van der Waals surface area contributed by atoms with Gasteiger partial charge in [-0.05, 0) is 25.5 Å². The first-order chi connectivity index (χ1) is 13.0. The zero-order valence-corrected chi connectivity index (χ0v) is 15.5. The molecule has 0 radical (unpaired) electrons. The monoisotopic (exact) mass is 394 g/mol. The van der Waals surface area contributed by atoms with E-state index in [0.29, 0.717) is 35.5 Å². The van der Waals surface area contributed by atoms with Crippen molar-refractivity contribution in [3.63, 3.8) is 0 Å². The first-order valence-corrected chi connectivity index (χ1v) is 9.18. The van der Waals surface area contributed by atoms with E-state index < -0.39 is 12.0 Å². The Morgan fingerprint density at radius 3 is 2.85 bits per heavy atom. The fourth-order valence-corrected chi connectivity index (χ4v) is 3.31. The predicted molar refractivity (Wildman–Crippen MR) is 91.9 cm³/mol. The van der Waals surface area contributed by atoms with Crippen LogP contribution in [-0.4, -0.2) is 41.3 Å². The van der Waals surface area contributed by atoms with E-state index >= 15 is 0 Å². The van der Waals surface area contributed by atoms with Crippen LogP contribution < -0.4 is 10.6 Å². The molecule has 1 saturated heterocycles. The zero-order chi connectivity index (χ0) is 19.4. The first-order valence-electron chi connectivity index (χ1n) is 8.20. The minimum atomic E-state index is -0.538. The molecule has 1 aliphatic rings. The minimum absolute atomic E-state index is 0.131. The first kappa shape index (κ1) is 19.0. The maximum Gasteiger partial charge on any atom is 0.373 e. The number of nitrogens with zero attached hydrogens (tertiary/aromatic N) is 2. The van der Waals surface area contributed by atoms with Crippen LogP contribution in [0.15, 0.2) is 26.2 Å². The highest BCUT2D eigenvalue weighted by Gasteiger charge is 2.32. The van der Waals surface area contributed by atoms with Gasteiger partial charge in [-0.15, -0.1) is 10.2 Å². The fourth-order valence-electron chi connectivity index (χ4n) is 2.63. The van der Waals surface area contributed by atoms with Gasteiger partial charge in [0.25, 0.3) is 5.22 Å². The third kappa shape index (κ3) is 4.67. The number of aryl methyl sites for hydroxylation is 1. The summed E-state index contributed by atoms with van der Waals surface area (Å²) in [7, 11) is 1.28. The molecule has 0 bridgehead atoms. The minimum Gasteiger partial charge on any atom is -0.463 e. The van der Waals surface area contributed by atoms with Crippen LogP contribution in [0.2, 0.25) is 0 Å². The van der Waals surface area contributed by atoms with Crippen molar-refractivity contribution in [3.8, 4) is 0 Å². The van der Waals surface area contributed by atoms with Crippen molar-refractivity contribution in [1.82, 2.24) is 20.8 Å². The van der Waals surface area contributed by atoms with E-state index in [1.165, 1.54) is 24.9 Å². The molecule has 3 heterocycles. The number of carbonyl (C=O) groups excluding carboxylic acids is 3. The molecule has 144 valence electrons. The van der Waals surface area contributed by atoms with Gasteiger partial charge in [0.15, 0.2) is 0 Å². The molecule has 10 nitrogen and oxygen atoms in total. The second-order valence-electron chi connectivity index (χ2n) is 5.90. The molecular formula is C16H18N4O6S. The van der Waals surface area contributed by atoms with Crippen LogP contribution in [0, 0.1) is 5.92 Å². The van der Waals surface area contributed by atoms with Gasteiger partial charge < -0.3 is 18.9 Å². The molecule has 2 atom stereocenters. The number of esters is 1. The standard InChI is InChI=1S/C16H18N4O6S/c1-8-10(13(21)18-15(23)17-8)4-6-12-19-20-16(26-12)27-7-9-3-5-11(25-9)14(22)24-2/h3,5,8,10H,4,6-7H2,1-2H3,(H2,17,18,21,23). The normalized spacial score (nSPS) is 19.5. The van der Waals surface area contributed by atoms with Gasteiger partial charge in [-0.3, -0.25) is 10.1 Å². The summed E-state index contributed by atoms with van der Waals surface area (Å²) in [5.41, 5.74) is 0. The number of hydrogen-bond donors (Lipinski definition) is 2. The SMILES string of the molecule is COC(=O)c1ccc(CSc2nnc(CCC3C(=O)NC(=O)NC3C)o2)o1. The predicted octanol–water partition coefficient (Wildman–Crippen LogP) is 1.52. The number of urea groups is 1. The zero-order valence-electron chi connectivity index (χ0n) is 14.7. The Labute approximate surface area is 158 Å². The fraction of sp³-hybridized carbons (Fsp3) is 0.438. The van der Waals surface area contributed by atoms with Crippen LogP contribution in [0.5, 0.6) is 0 Å². The summed E-state index contributed by atoms with van der Waals surface area (Å²) in [5, 5.41) is 13.2. The van der Waals surface area contributed by atoms with Crippen LogP contribution in [0.25, 0.3) is 0 Å². The Kier molecular flexibility index (Phi) is 5.79. The van der Waals surface area contributed by atoms with Crippen molar-refractivity contribution >= 4 is 29.7 Å². The lowest BCUT2D eigenvalue weighted by atomic mass is 9.93. The number of furan rings is 1. The second-order valence-corrected chi connectivity index (χ2v) is 6.83. The van der Waals surface area contributed by atoms with E-state index in [1.54, 1.807) is 13.0 Å². The van der Waals surface area contributed by atoms with Crippen LogP contribution in [-0.2, 0) is 21.7 Å². The van der Waals surface area contributed by atoms with Crippen molar-refractivity contribution in [2.24, 2.45) is 5.92 Å². The molecule has 0 saturated carbocycles. The summed E-state index contributed by atoms with van der Waals surface area (Å²) in [6.07, 6.45) is 0.888. The van der Waals surface area contributed by atoms with Gasteiger partial charge >= 0.3 is 12.0 Å². The Bertz CT molecular complexity index is 848. The number of carbonyl (C=O) groups is 3. The summed E-state index contributed by atoms with van der Waals surface area (Å²) in [4.78, 5) is 34.5. The molecule has 0 spiro atoms. The average Bonchev–Trinajstić information content (AvgIpc) is 3.27. The van der Waals surface area contributed by atoms with Gasteiger partial charge in [-0.1, -0.05) is 11.8 Å². The highest BCUT2D eigenvalue weighted by Crippen LogP contribution is 2.24. The lowest BCUT2D eigenvalue weighted by Gasteiger charge is -2.28. The van der Waals surface area contributed by atoms with Crippen LogP contribution >= 0.6 is 11.8 Å². The Morgan fingerprint density at radius 2 is 2.11 bits per heavy atom. The summed E-state index contributed by atoms with van der Waals surface area (Å²) < 4.78 is 15.5. The highest BCUT2D eigenvalue weighted by molar-refractivity contribution is 7.98. The number of methoxy groups -OCH3 is 1. The number of hydrogen-bond acceptors (Lipinski definition) is 9. The van der Waals surface area contributed by atoms with Gasteiger partial charge in [0.05, 0.1) is 18.8 Å². The molecule has 2 unspecified atom stereocenters. The molecule has 3 amide bonds. The van der Waals surface area contributed by atoms with Crippen molar-refractivity contribution in [3.05, 3.63) is 29.5 Å². The van der Waals surface area contributed by atoms with E-state index in [-0.39, 0.29) is 23.6 Å². The number of rotatable bonds is 7. The van der Waals surface area contributed by atoms with Gasteiger partial charge in [0.2, 0.25) is 17.6 Å². The lowest BCUT2D eigenvalue weighted by Crippen LogP contribution is -2.57. The van der Waals surface area contributed by atoms with Crippen molar-refractivity contribution in [2.75, 3.05) is 7.11 Å². The molecular weight excluding hydrogens is 376 g/mol. The Hall–Kier alpha value is -2.82. The lowest BCUT2D eigenvalue weighted by molar-refractivity contribution is -0.125. The molecule has 27 heavy (non-hydrogen) atoms. The van der Waals surface area contributed by atoms with Crippen LogP contribution in [0.4, 0.5) is 4.79 Å². The van der Waals surface area contributed by atoms with Crippen molar-refractivity contribution < 1.29 is 28.0 Å². The third-order valence-electron chi connectivity index (χ3n) is 4.04. The van der Waals surface area contributed by atoms with E-state index in [2.05, 4.69) is 25.6 Å². The maximum atomic E-state index is 11.9. The number of nitrogens with one attached hydrogen (secondary N) is 2. The Morgan fingerprint density at radius 1 is 1.30 bits per heavy atom. The molecule has 1 fully saturated rings. The van der Waals surface area contributed by atoms with Gasteiger partial charge in [-0.2, -0.15) is 0 Å². The summed E-state index contributed by atoms with van der Waals surface area (Å²) in [5.74, 6) is 0.319. The molecule has 2 N–H and O–H groups in total. The summed E-state index contributed by atoms with van der Waals surface area (Å²) in [6, 6.07) is 2.48. The topological polar surface area (TPSA) is 137 Å². The second kappa shape index (κ2) is 8.25. The van der Waals surface area contributed by atoms with E-state index in [1.807, 2.05) is 0 Å². The quantitative estimate of drug-likeness (QED) is 0.529. The number of aromatic nitrogens is 2. The highest BCUT2D eigenvalue weighted by atomic mass is 32.2. The van der Waals surface area contributed by atoms with Crippen LogP contribution in [0.1, 0.15) is 35.6 Å². The third-order valence-corrected chi connectivity index (χ3v) is 4.88. The largest absolute Gasteiger partial charge is 0.463 e. The molecule has 3 rings (SSSR count). The molecule has 1 aliphatic heterocycles. The van der Waals surface area contributed by atoms with E-state index in [9.17, 15) is 14.4 Å². The Balaban J connectivity index is 1.50. The molecule has 11 heteroatoms. The average molecular weight is 394 g/mol. The van der Waals surface area contributed by atoms with Crippen molar-refractivity contribution in [1.29, 1.82) is 0 Å². The molecule has 2 aromatic heterocycles. The summed E-state index contributed by atoms with van der Waals surface area (Å²) in [6.45, 7) is 1.78.